The van der Waals surface area contributed by atoms with Gasteiger partial charge < -0.3 is 19.8 Å². The van der Waals surface area contributed by atoms with Gasteiger partial charge in [0.05, 0.1) is 31.8 Å². The second-order valence-electron chi connectivity index (χ2n) is 2.66. The zero-order valence-electron chi connectivity index (χ0n) is 6.69. The molecule has 0 saturated heterocycles. The molecule has 0 aliphatic rings. The lowest BCUT2D eigenvalue weighted by molar-refractivity contribution is -0.0238. The van der Waals surface area contributed by atoms with Crippen molar-refractivity contribution in [2.24, 2.45) is 5.41 Å². The van der Waals surface area contributed by atoms with Crippen molar-refractivity contribution in [1.29, 1.82) is 0 Å². The number of hydrogen-bond acceptors (Lipinski definition) is 5. The molecule has 13 heavy (non-hydrogen) atoms. The largest absolute Gasteiger partial charge is 0.396 e. The summed E-state index contributed by atoms with van der Waals surface area (Å²) in [5.74, 6) is 0. The number of aliphatic hydroxyl groups is 3. The maximum absolute atomic E-state index is 10.7. The summed E-state index contributed by atoms with van der Waals surface area (Å²) in [6, 6.07) is 0. The molecule has 0 aliphatic heterocycles. The van der Waals surface area contributed by atoms with Crippen LogP contribution in [0.4, 0.5) is 0 Å². The summed E-state index contributed by atoms with van der Waals surface area (Å²) in [6.07, 6.45) is -3.69. The molecule has 0 aromatic rings. The summed E-state index contributed by atoms with van der Waals surface area (Å²) in [5, 5.41) is 26.4. The minimum Gasteiger partial charge on any atom is -0.396 e. The van der Waals surface area contributed by atoms with Gasteiger partial charge in [-0.05, 0) is 22.5 Å². The van der Waals surface area contributed by atoms with Gasteiger partial charge in [-0.3, -0.25) is 4.57 Å². The van der Waals surface area contributed by atoms with E-state index in [1.165, 1.54) is 0 Å². The van der Waals surface area contributed by atoms with Crippen LogP contribution >= 0.6 is 28.6 Å². The van der Waals surface area contributed by atoms with Crippen LogP contribution in [0.3, 0.4) is 0 Å². The number of halogens is 2. The Labute approximate surface area is 85.3 Å². The van der Waals surface area contributed by atoms with E-state index in [1.807, 2.05) is 0 Å². The van der Waals surface area contributed by atoms with Gasteiger partial charge in [0, 0.05) is 0 Å². The van der Waals surface area contributed by atoms with Crippen molar-refractivity contribution in [1.82, 2.24) is 0 Å². The highest BCUT2D eigenvalue weighted by Crippen LogP contribution is 2.58. The highest BCUT2D eigenvalue weighted by atomic mass is 35.9. The van der Waals surface area contributed by atoms with Crippen molar-refractivity contribution >= 4 is 28.6 Å². The van der Waals surface area contributed by atoms with E-state index in [9.17, 15) is 4.57 Å². The Hall–Kier alpha value is 0.650. The third-order valence-corrected chi connectivity index (χ3v) is 2.54. The van der Waals surface area contributed by atoms with Crippen LogP contribution in [-0.2, 0) is 9.09 Å². The second kappa shape index (κ2) is 5.51. The van der Waals surface area contributed by atoms with Crippen LogP contribution in [0.2, 0.25) is 0 Å². The van der Waals surface area contributed by atoms with E-state index in [4.69, 9.17) is 37.8 Å². The smallest absolute Gasteiger partial charge is 0.380 e. The van der Waals surface area contributed by atoms with E-state index in [2.05, 4.69) is 4.52 Å². The summed E-state index contributed by atoms with van der Waals surface area (Å²) in [4.78, 5) is 0. The number of hydrogen-bond donors (Lipinski definition) is 3. The monoisotopic (exact) mass is 252 g/mol. The van der Waals surface area contributed by atoms with Crippen LogP contribution < -0.4 is 0 Å². The SMILES string of the molecule is O=P(Cl)(Cl)OCC(CO)(CO)CO. The Balaban J connectivity index is 4.19. The standard InChI is InChI=1S/C5H11Cl2O5P/c6-13(7,11)12-4-5(1-8,2-9)3-10/h8-10H,1-4H2. The Kier molecular flexibility index (Phi) is 5.79. The molecule has 0 saturated carbocycles. The highest BCUT2D eigenvalue weighted by Gasteiger charge is 2.31. The van der Waals surface area contributed by atoms with Crippen LogP contribution in [0, 0.1) is 5.41 Å². The minimum atomic E-state index is -3.69. The normalized spacial score (nSPS) is 13.3. The highest BCUT2D eigenvalue weighted by molar-refractivity contribution is 8.05. The molecule has 0 spiro atoms. The zero-order valence-corrected chi connectivity index (χ0v) is 9.10. The summed E-state index contributed by atoms with van der Waals surface area (Å²) in [6.45, 7) is -1.93. The molecule has 5 nitrogen and oxygen atoms in total. The molecule has 0 amide bonds. The Morgan fingerprint density at radius 1 is 1.15 bits per heavy atom. The molecule has 80 valence electrons. The van der Waals surface area contributed by atoms with E-state index >= 15 is 0 Å². The second-order valence-corrected chi connectivity index (χ2v) is 6.94. The first-order valence-electron chi connectivity index (χ1n) is 3.35. The molecule has 8 heteroatoms. The molecule has 0 rings (SSSR count). The maximum atomic E-state index is 10.7. The number of aliphatic hydroxyl groups excluding tert-OH is 3. The van der Waals surface area contributed by atoms with Gasteiger partial charge in [0.25, 0.3) is 0 Å². The van der Waals surface area contributed by atoms with E-state index in [-0.39, 0.29) is 6.61 Å². The summed E-state index contributed by atoms with van der Waals surface area (Å²) in [7, 11) is 0. The van der Waals surface area contributed by atoms with Gasteiger partial charge in [-0.2, -0.15) is 0 Å². The summed E-state index contributed by atoms with van der Waals surface area (Å²) in [5.41, 5.74) is -1.26. The van der Waals surface area contributed by atoms with E-state index in [0.29, 0.717) is 0 Å². The molecule has 0 atom stereocenters. The van der Waals surface area contributed by atoms with E-state index in [1.54, 1.807) is 0 Å². The van der Waals surface area contributed by atoms with Crippen LogP contribution in [0.25, 0.3) is 0 Å². The first-order chi connectivity index (χ1) is 5.89. The third kappa shape index (κ3) is 5.18. The Morgan fingerprint density at radius 2 is 1.54 bits per heavy atom. The molecule has 0 fully saturated rings. The molecule has 0 aromatic carbocycles. The van der Waals surface area contributed by atoms with E-state index < -0.39 is 31.3 Å². The van der Waals surface area contributed by atoms with E-state index in [0.717, 1.165) is 0 Å². The van der Waals surface area contributed by atoms with Crippen LogP contribution in [-0.4, -0.2) is 41.7 Å². The minimum absolute atomic E-state index is 0.374. The van der Waals surface area contributed by atoms with Gasteiger partial charge in [-0.1, -0.05) is 0 Å². The topological polar surface area (TPSA) is 87.0 Å². The molecular weight excluding hydrogens is 242 g/mol. The Morgan fingerprint density at radius 3 is 1.77 bits per heavy atom. The molecule has 0 unspecified atom stereocenters. The molecule has 0 heterocycles. The van der Waals surface area contributed by atoms with Crippen molar-refractivity contribution in [2.75, 3.05) is 26.4 Å². The van der Waals surface area contributed by atoms with Gasteiger partial charge in [0.1, 0.15) is 0 Å². The molecule has 0 radical (unpaired) electrons. The van der Waals surface area contributed by atoms with Crippen LogP contribution in [0.15, 0.2) is 0 Å². The lowest BCUT2D eigenvalue weighted by Crippen LogP contribution is -2.38. The van der Waals surface area contributed by atoms with Crippen molar-refractivity contribution in [2.45, 2.75) is 0 Å². The van der Waals surface area contributed by atoms with Gasteiger partial charge >= 0.3 is 6.07 Å². The van der Waals surface area contributed by atoms with Gasteiger partial charge in [0.2, 0.25) is 0 Å². The van der Waals surface area contributed by atoms with Gasteiger partial charge in [-0.25, -0.2) is 0 Å². The van der Waals surface area contributed by atoms with Gasteiger partial charge in [-0.15, -0.1) is 0 Å². The lowest BCUT2D eigenvalue weighted by Gasteiger charge is -2.26. The molecule has 0 aliphatic carbocycles. The van der Waals surface area contributed by atoms with Gasteiger partial charge in [0.15, 0.2) is 0 Å². The average Bonchev–Trinajstić information content (AvgIpc) is 2.06. The molecular formula is C5H11Cl2O5P. The van der Waals surface area contributed by atoms with Crippen LogP contribution in [0.5, 0.6) is 0 Å². The first kappa shape index (κ1) is 13.7. The summed E-state index contributed by atoms with van der Waals surface area (Å²) >= 11 is 10.1. The fraction of sp³-hybridized carbons (Fsp3) is 1.00. The van der Waals surface area contributed by atoms with Crippen molar-refractivity contribution < 1.29 is 24.4 Å². The molecule has 0 bridgehead atoms. The lowest BCUT2D eigenvalue weighted by atomic mass is 9.93. The third-order valence-electron chi connectivity index (χ3n) is 1.53. The molecule has 3 N–H and O–H groups in total. The Bertz CT molecular complexity index is 181. The average molecular weight is 253 g/mol. The van der Waals surface area contributed by atoms with Crippen molar-refractivity contribution in [3.8, 4) is 0 Å². The predicted molar refractivity (Wildman–Crippen MR) is 49.0 cm³/mol. The predicted octanol–water partition coefficient (Wildman–Crippen LogP) is 0.552. The fourth-order valence-electron chi connectivity index (χ4n) is 0.499. The maximum Gasteiger partial charge on any atom is 0.380 e. The van der Waals surface area contributed by atoms with Crippen molar-refractivity contribution in [3.05, 3.63) is 0 Å². The fourth-order valence-corrected chi connectivity index (χ4v) is 1.22. The zero-order chi connectivity index (χ0) is 10.5. The first-order valence-corrected chi connectivity index (χ1v) is 6.79. The van der Waals surface area contributed by atoms with Crippen LogP contribution in [0.1, 0.15) is 0 Å². The molecule has 0 aromatic heterocycles. The number of rotatable bonds is 6. The summed E-state index contributed by atoms with van der Waals surface area (Å²) < 4.78 is 15.1. The quantitative estimate of drug-likeness (QED) is 0.602. The van der Waals surface area contributed by atoms with Crippen molar-refractivity contribution in [3.63, 3.8) is 0 Å².